The van der Waals surface area contributed by atoms with Crippen molar-refractivity contribution in [3.05, 3.63) is 39.2 Å². The van der Waals surface area contributed by atoms with E-state index in [1.54, 1.807) is 18.3 Å². The van der Waals surface area contributed by atoms with Crippen molar-refractivity contribution >= 4 is 39.1 Å². The van der Waals surface area contributed by atoms with Crippen LogP contribution in [0.15, 0.2) is 29.1 Å². The first kappa shape index (κ1) is 14.6. The Morgan fingerprint density at radius 1 is 1.23 bits per heavy atom. The van der Waals surface area contributed by atoms with Gasteiger partial charge in [-0.2, -0.15) is 0 Å². The van der Waals surface area contributed by atoms with Gasteiger partial charge in [0.2, 0.25) is 11.6 Å². The minimum atomic E-state index is -0.450. The van der Waals surface area contributed by atoms with Crippen LogP contribution in [0.5, 0.6) is 0 Å². The molecule has 0 amide bonds. The molecule has 0 aromatic carbocycles. The van der Waals surface area contributed by atoms with Gasteiger partial charge in [-0.3, -0.25) is 10.1 Å². The van der Waals surface area contributed by atoms with E-state index in [0.717, 1.165) is 30.4 Å². The van der Waals surface area contributed by atoms with E-state index >= 15 is 0 Å². The number of hydrogen-bond acceptors (Lipinski definition) is 7. The molecular formula is C13H13BrN6O2. The summed E-state index contributed by atoms with van der Waals surface area (Å²) in [6, 6.07) is 3.51. The van der Waals surface area contributed by atoms with E-state index in [1.807, 2.05) is 4.90 Å². The fourth-order valence-electron chi connectivity index (χ4n) is 2.36. The van der Waals surface area contributed by atoms with E-state index in [-0.39, 0.29) is 11.5 Å². The van der Waals surface area contributed by atoms with E-state index in [4.69, 9.17) is 0 Å². The third-order valence-corrected chi connectivity index (χ3v) is 3.83. The Labute approximate surface area is 134 Å². The summed E-state index contributed by atoms with van der Waals surface area (Å²) in [4.78, 5) is 25.2. The molecule has 0 unspecified atom stereocenters. The standard InChI is InChI=1S/C13H13BrN6O2/c14-9-3-4-10(15-7-9)18-12-11(20(21)22)13(17-8-16-12)19-5-1-2-6-19/h3-4,7-8H,1-2,5-6H2,(H,15,16,17,18). The summed E-state index contributed by atoms with van der Waals surface area (Å²) in [5.74, 6) is 0.992. The molecule has 1 aliphatic rings. The van der Waals surface area contributed by atoms with Gasteiger partial charge < -0.3 is 10.2 Å². The van der Waals surface area contributed by atoms with E-state index in [2.05, 4.69) is 36.2 Å². The van der Waals surface area contributed by atoms with Gasteiger partial charge >= 0.3 is 5.69 Å². The van der Waals surface area contributed by atoms with Crippen molar-refractivity contribution in [1.29, 1.82) is 0 Å². The second-order valence-corrected chi connectivity index (χ2v) is 5.75. The van der Waals surface area contributed by atoms with Crippen LogP contribution in [-0.4, -0.2) is 33.0 Å². The zero-order chi connectivity index (χ0) is 15.5. The number of hydrogen-bond donors (Lipinski definition) is 1. The summed E-state index contributed by atoms with van der Waals surface area (Å²) in [5.41, 5.74) is -0.117. The van der Waals surface area contributed by atoms with Crippen LogP contribution in [0.3, 0.4) is 0 Å². The second kappa shape index (κ2) is 6.22. The first-order valence-electron chi connectivity index (χ1n) is 6.78. The molecular weight excluding hydrogens is 352 g/mol. The minimum absolute atomic E-state index is 0.117. The average Bonchev–Trinajstić information content (AvgIpc) is 3.03. The van der Waals surface area contributed by atoms with Gasteiger partial charge in [0.25, 0.3) is 0 Å². The van der Waals surface area contributed by atoms with Gasteiger partial charge in [-0.15, -0.1) is 0 Å². The summed E-state index contributed by atoms with van der Waals surface area (Å²) in [7, 11) is 0. The maximum absolute atomic E-state index is 11.5. The Bertz CT molecular complexity index is 687. The highest BCUT2D eigenvalue weighted by atomic mass is 79.9. The fourth-order valence-corrected chi connectivity index (χ4v) is 2.60. The molecule has 1 fully saturated rings. The Morgan fingerprint density at radius 3 is 2.64 bits per heavy atom. The lowest BCUT2D eigenvalue weighted by atomic mass is 10.3. The highest BCUT2D eigenvalue weighted by Crippen LogP contribution is 2.34. The molecule has 9 heteroatoms. The van der Waals surface area contributed by atoms with E-state index in [0.29, 0.717) is 11.6 Å². The molecule has 8 nitrogen and oxygen atoms in total. The molecule has 0 radical (unpaired) electrons. The molecule has 3 rings (SSSR count). The number of rotatable bonds is 4. The van der Waals surface area contributed by atoms with Crippen LogP contribution in [-0.2, 0) is 0 Å². The number of halogens is 1. The number of nitro groups is 1. The monoisotopic (exact) mass is 364 g/mol. The summed E-state index contributed by atoms with van der Waals surface area (Å²) >= 11 is 3.29. The molecule has 114 valence electrons. The summed E-state index contributed by atoms with van der Waals surface area (Å²) in [6.07, 6.45) is 4.97. The quantitative estimate of drug-likeness (QED) is 0.657. The second-order valence-electron chi connectivity index (χ2n) is 4.83. The first-order chi connectivity index (χ1) is 10.6. The predicted molar refractivity (Wildman–Crippen MR) is 85.4 cm³/mol. The highest BCUT2D eigenvalue weighted by Gasteiger charge is 2.28. The predicted octanol–water partition coefficient (Wildman–Crippen LogP) is 2.89. The molecule has 0 bridgehead atoms. The lowest BCUT2D eigenvalue weighted by molar-refractivity contribution is -0.383. The van der Waals surface area contributed by atoms with Crippen molar-refractivity contribution in [2.24, 2.45) is 0 Å². The van der Waals surface area contributed by atoms with Gasteiger partial charge in [0, 0.05) is 23.8 Å². The summed E-state index contributed by atoms with van der Waals surface area (Å²) in [5, 5.41) is 14.4. The molecule has 1 aliphatic heterocycles. The van der Waals surface area contributed by atoms with E-state index < -0.39 is 4.92 Å². The van der Waals surface area contributed by atoms with Gasteiger partial charge in [0.1, 0.15) is 12.1 Å². The minimum Gasteiger partial charge on any atom is -0.351 e. The largest absolute Gasteiger partial charge is 0.353 e. The van der Waals surface area contributed by atoms with Crippen molar-refractivity contribution in [3.63, 3.8) is 0 Å². The zero-order valence-electron chi connectivity index (χ0n) is 11.6. The van der Waals surface area contributed by atoms with Crippen molar-refractivity contribution in [2.75, 3.05) is 23.3 Å². The molecule has 0 spiro atoms. The molecule has 22 heavy (non-hydrogen) atoms. The number of nitrogens with one attached hydrogen (secondary N) is 1. The molecule has 2 aromatic heterocycles. The number of nitrogens with zero attached hydrogens (tertiary/aromatic N) is 5. The Kier molecular flexibility index (Phi) is 4.14. The lowest BCUT2D eigenvalue weighted by Gasteiger charge is -2.17. The van der Waals surface area contributed by atoms with Crippen molar-refractivity contribution in [3.8, 4) is 0 Å². The maximum Gasteiger partial charge on any atom is 0.353 e. The van der Waals surface area contributed by atoms with Gasteiger partial charge in [0.05, 0.1) is 4.92 Å². The highest BCUT2D eigenvalue weighted by molar-refractivity contribution is 9.10. The third-order valence-electron chi connectivity index (χ3n) is 3.36. The fraction of sp³-hybridized carbons (Fsp3) is 0.308. The maximum atomic E-state index is 11.5. The molecule has 1 saturated heterocycles. The Morgan fingerprint density at radius 2 is 2.00 bits per heavy atom. The van der Waals surface area contributed by atoms with Crippen LogP contribution in [0.25, 0.3) is 0 Å². The van der Waals surface area contributed by atoms with E-state index in [9.17, 15) is 10.1 Å². The van der Waals surface area contributed by atoms with Crippen molar-refractivity contribution in [2.45, 2.75) is 12.8 Å². The molecule has 0 atom stereocenters. The van der Waals surface area contributed by atoms with Crippen molar-refractivity contribution in [1.82, 2.24) is 15.0 Å². The van der Waals surface area contributed by atoms with Gasteiger partial charge in [-0.05, 0) is 40.9 Å². The van der Waals surface area contributed by atoms with Crippen LogP contribution < -0.4 is 10.2 Å². The van der Waals surface area contributed by atoms with Crippen LogP contribution in [0.1, 0.15) is 12.8 Å². The smallest absolute Gasteiger partial charge is 0.351 e. The molecule has 0 saturated carbocycles. The molecule has 2 aromatic rings. The average molecular weight is 365 g/mol. The molecule has 3 heterocycles. The lowest BCUT2D eigenvalue weighted by Crippen LogP contribution is -2.21. The van der Waals surface area contributed by atoms with Crippen LogP contribution >= 0.6 is 15.9 Å². The number of aromatic nitrogens is 3. The first-order valence-corrected chi connectivity index (χ1v) is 7.57. The third kappa shape index (κ3) is 2.98. The van der Waals surface area contributed by atoms with Gasteiger partial charge in [-0.1, -0.05) is 0 Å². The molecule has 1 N–H and O–H groups in total. The van der Waals surface area contributed by atoms with Crippen molar-refractivity contribution < 1.29 is 4.92 Å². The van der Waals surface area contributed by atoms with Crippen LogP contribution in [0, 0.1) is 10.1 Å². The summed E-state index contributed by atoms with van der Waals surface area (Å²) in [6.45, 7) is 1.54. The normalized spacial score (nSPS) is 14.1. The van der Waals surface area contributed by atoms with Crippen LogP contribution in [0.2, 0.25) is 0 Å². The summed E-state index contributed by atoms with van der Waals surface area (Å²) < 4.78 is 0.827. The van der Waals surface area contributed by atoms with Crippen LogP contribution in [0.4, 0.5) is 23.1 Å². The Balaban J connectivity index is 1.97. The number of pyridine rings is 1. The number of anilines is 3. The molecule has 0 aliphatic carbocycles. The topological polar surface area (TPSA) is 97.1 Å². The van der Waals surface area contributed by atoms with Gasteiger partial charge in [-0.25, -0.2) is 15.0 Å². The SMILES string of the molecule is O=[N+]([O-])c1c(Nc2ccc(Br)cn2)ncnc1N1CCCC1. The van der Waals surface area contributed by atoms with Gasteiger partial charge in [0.15, 0.2) is 0 Å². The van der Waals surface area contributed by atoms with E-state index in [1.165, 1.54) is 6.33 Å². The zero-order valence-corrected chi connectivity index (χ0v) is 13.2. The Hall–Kier alpha value is -2.29.